The fourth-order valence-electron chi connectivity index (χ4n) is 3.54. The number of esters is 1. The number of rotatable bonds is 4. The van der Waals surface area contributed by atoms with Crippen LogP contribution in [0.3, 0.4) is 0 Å². The van der Waals surface area contributed by atoms with E-state index in [0.717, 1.165) is 25.2 Å². The number of morpholine rings is 1. The van der Waals surface area contributed by atoms with Crippen LogP contribution in [0.4, 0.5) is 0 Å². The molecule has 8 heteroatoms. The highest BCUT2D eigenvalue weighted by Gasteiger charge is 2.28. The predicted octanol–water partition coefficient (Wildman–Crippen LogP) is 0.901. The highest BCUT2D eigenvalue weighted by Crippen LogP contribution is 2.18. The second-order valence-electron chi connectivity index (χ2n) is 7.19. The van der Waals surface area contributed by atoms with Crippen LogP contribution in [0, 0.1) is 0 Å². The molecule has 1 amide bonds. The lowest BCUT2D eigenvalue weighted by Gasteiger charge is -2.36. The number of carbonyl (C=O) groups excluding carboxylic acids is 2. The van der Waals surface area contributed by atoms with Crippen molar-refractivity contribution in [2.45, 2.75) is 51.9 Å². The summed E-state index contributed by atoms with van der Waals surface area (Å²) in [6, 6.07) is 2.18. The second-order valence-corrected chi connectivity index (χ2v) is 7.19. The highest BCUT2D eigenvalue weighted by atomic mass is 16.5. The molecule has 0 spiro atoms. The van der Waals surface area contributed by atoms with E-state index in [-0.39, 0.29) is 12.0 Å². The molecule has 1 atom stereocenters. The van der Waals surface area contributed by atoms with Gasteiger partial charge >= 0.3 is 5.97 Å². The summed E-state index contributed by atoms with van der Waals surface area (Å²) in [4.78, 5) is 28.7. The minimum Gasteiger partial charge on any atom is -0.464 e. The SMILES string of the molecule is COC(=O)c1cc2n(n1)CCCN(C(=O)CC1CN(C(C)C)CCO1)C2. The van der Waals surface area contributed by atoms with Crippen LogP contribution in [-0.4, -0.2) is 77.0 Å². The summed E-state index contributed by atoms with van der Waals surface area (Å²) in [5.74, 6) is -0.359. The van der Waals surface area contributed by atoms with Gasteiger partial charge in [-0.25, -0.2) is 4.79 Å². The summed E-state index contributed by atoms with van der Waals surface area (Å²) in [5, 5.41) is 4.29. The number of aryl methyl sites for hydroxylation is 1. The summed E-state index contributed by atoms with van der Waals surface area (Å²) < 4.78 is 12.3. The summed E-state index contributed by atoms with van der Waals surface area (Å²) >= 11 is 0. The van der Waals surface area contributed by atoms with Crippen LogP contribution in [0.5, 0.6) is 0 Å². The normalized spacial score (nSPS) is 21.4. The van der Waals surface area contributed by atoms with Crippen molar-refractivity contribution in [1.29, 1.82) is 0 Å². The number of carbonyl (C=O) groups is 2. The lowest BCUT2D eigenvalue weighted by atomic mass is 10.1. The molecule has 0 bridgehead atoms. The van der Waals surface area contributed by atoms with Crippen LogP contribution < -0.4 is 0 Å². The monoisotopic (exact) mass is 364 g/mol. The van der Waals surface area contributed by atoms with Gasteiger partial charge in [-0.15, -0.1) is 0 Å². The highest BCUT2D eigenvalue weighted by molar-refractivity contribution is 5.87. The van der Waals surface area contributed by atoms with Gasteiger partial charge in [-0.3, -0.25) is 14.4 Å². The van der Waals surface area contributed by atoms with Gasteiger partial charge in [0, 0.05) is 32.2 Å². The van der Waals surface area contributed by atoms with E-state index in [1.165, 1.54) is 7.11 Å². The zero-order valence-electron chi connectivity index (χ0n) is 15.8. The molecule has 26 heavy (non-hydrogen) atoms. The molecule has 0 N–H and O–H groups in total. The fourth-order valence-corrected chi connectivity index (χ4v) is 3.54. The van der Waals surface area contributed by atoms with Crippen molar-refractivity contribution in [2.75, 3.05) is 33.4 Å². The first kappa shape index (κ1) is 18.8. The van der Waals surface area contributed by atoms with E-state index in [0.29, 0.717) is 44.4 Å². The molecule has 2 aliphatic rings. The lowest BCUT2D eigenvalue weighted by molar-refractivity contribution is -0.137. The van der Waals surface area contributed by atoms with Gasteiger partial charge in [0.1, 0.15) is 0 Å². The standard InChI is InChI=1S/C18H28N4O4/c1-13(2)20-7-8-26-15(12-20)10-17(23)21-5-4-6-22-14(11-21)9-16(19-22)18(24)25-3/h9,13,15H,4-8,10-12H2,1-3H3. The first-order valence-electron chi connectivity index (χ1n) is 9.26. The van der Waals surface area contributed by atoms with E-state index in [1.807, 2.05) is 4.90 Å². The van der Waals surface area contributed by atoms with Crippen molar-refractivity contribution < 1.29 is 19.1 Å². The number of amides is 1. The van der Waals surface area contributed by atoms with Crippen molar-refractivity contribution in [3.05, 3.63) is 17.5 Å². The quantitative estimate of drug-likeness (QED) is 0.739. The van der Waals surface area contributed by atoms with Crippen molar-refractivity contribution >= 4 is 11.9 Å². The van der Waals surface area contributed by atoms with Crippen molar-refractivity contribution in [2.24, 2.45) is 0 Å². The van der Waals surface area contributed by atoms with Crippen LogP contribution in [0.2, 0.25) is 0 Å². The molecule has 8 nitrogen and oxygen atoms in total. The van der Waals surface area contributed by atoms with E-state index in [9.17, 15) is 9.59 Å². The maximum atomic E-state index is 12.8. The van der Waals surface area contributed by atoms with E-state index >= 15 is 0 Å². The molecule has 1 unspecified atom stereocenters. The Labute approximate surface area is 154 Å². The zero-order valence-corrected chi connectivity index (χ0v) is 15.8. The van der Waals surface area contributed by atoms with Gasteiger partial charge in [-0.2, -0.15) is 5.10 Å². The molecule has 0 radical (unpaired) electrons. The molecule has 0 saturated carbocycles. The van der Waals surface area contributed by atoms with E-state index in [2.05, 4.69) is 23.8 Å². The summed E-state index contributed by atoms with van der Waals surface area (Å²) in [7, 11) is 1.34. The molecule has 2 aliphatic heterocycles. The Morgan fingerprint density at radius 1 is 1.35 bits per heavy atom. The van der Waals surface area contributed by atoms with Gasteiger partial charge in [0.25, 0.3) is 0 Å². The van der Waals surface area contributed by atoms with E-state index in [1.54, 1.807) is 10.7 Å². The molecule has 0 aliphatic carbocycles. The molecule has 1 fully saturated rings. The maximum absolute atomic E-state index is 12.8. The van der Waals surface area contributed by atoms with Gasteiger partial charge in [-0.1, -0.05) is 0 Å². The third-order valence-electron chi connectivity index (χ3n) is 5.06. The maximum Gasteiger partial charge on any atom is 0.358 e. The first-order chi connectivity index (χ1) is 12.5. The summed E-state index contributed by atoms with van der Waals surface area (Å²) in [6.45, 7) is 8.56. The Morgan fingerprint density at radius 3 is 2.88 bits per heavy atom. The largest absolute Gasteiger partial charge is 0.464 e. The molecule has 1 saturated heterocycles. The predicted molar refractivity (Wildman–Crippen MR) is 94.7 cm³/mol. The van der Waals surface area contributed by atoms with Crippen LogP contribution in [0.1, 0.15) is 42.9 Å². The topological polar surface area (TPSA) is 76.9 Å². The van der Waals surface area contributed by atoms with Gasteiger partial charge in [0.05, 0.1) is 38.5 Å². The van der Waals surface area contributed by atoms with E-state index in [4.69, 9.17) is 9.47 Å². The van der Waals surface area contributed by atoms with Gasteiger partial charge < -0.3 is 14.4 Å². The Balaban J connectivity index is 1.63. The molecule has 1 aromatic rings. The second kappa shape index (κ2) is 8.18. The number of aromatic nitrogens is 2. The smallest absolute Gasteiger partial charge is 0.358 e. The van der Waals surface area contributed by atoms with E-state index < -0.39 is 5.97 Å². The fraction of sp³-hybridized carbons (Fsp3) is 0.722. The lowest BCUT2D eigenvalue weighted by Crippen LogP contribution is -2.47. The number of hydrogen-bond acceptors (Lipinski definition) is 6. The Morgan fingerprint density at radius 2 is 2.15 bits per heavy atom. The van der Waals surface area contributed by atoms with Crippen molar-refractivity contribution in [3.63, 3.8) is 0 Å². The Hall–Kier alpha value is -1.93. The van der Waals surface area contributed by atoms with Crippen LogP contribution in [-0.2, 0) is 27.4 Å². The van der Waals surface area contributed by atoms with Gasteiger partial charge in [0.15, 0.2) is 5.69 Å². The van der Waals surface area contributed by atoms with Crippen LogP contribution in [0.15, 0.2) is 6.07 Å². The van der Waals surface area contributed by atoms with Gasteiger partial charge in [-0.05, 0) is 26.3 Å². The number of nitrogens with zero attached hydrogens (tertiary/aromatic N) is 4. The number of fused-ring (bicyclic) bond motifs is 1. The molecule has 3 rings (SSSR count). The molecule has 3 heterocycles. The molecule has 1 aromatic heterocycles. The third kappa shape index (κ3) is 4.24. The Bertz CT molecular complexity index is 658. The average Bonchev–Trinajstić information content (AvgIpc) is 2.92. The molecule has 144 valence electrons. The molecular formula is C18H28N4O4. The van der Waals surface area contributed by atoms with Gasteiger partial charge in [0.2, 0.25) is 5.91 Å². The number of hydrogen-bond donors (Lipinski definition) is 0. The van der Waals surface area contributed by atoms with Crippen LogP contribution in [0.25, 0.3) is 0 Å². The summed E-state index contributed by atoms with van der Waals surface area (Å²) in [6.07, 6.45) is 1.14. The number of ether oxygens (including phenoxy) is 2. The van der Waals surface area contributed by atoms with Crippen molar-refractivity contribution in [1.82, 2.24) is 19.6 Å². The number of methoxy groups -OCH3 is 1. The third-order valence-corrected chi connectivity index (χ3v) is 5.06. The summed E-state index contributed by atoms with van der Waals surface area (Å²) in [5.41, 5.74) is 1.16. The van der Waals surface area contributed by atoms with Crippen molar-refractivity contribution in [3.8, 4) is 0 Å². The minimum absolute atomic E-state index is 0.0579. The minimum atomic E-state index is -0.451. The first-order valence-corrected chi connectivity index (χ1v) is 9.26. The average molecular weight is 364 g/mol. The Kier molecular flexibility index (Phi) is 5.93. The molecular weight excluding hydrogens is 336 g/mol. The zero-order chi connectivity index (χ0) is 18.7. The molecule has 0 aromatic carbocycles. The van der Waals surface area contributed by atoms with Crippen LogP contribution >= 0.6 is 0 Å².